The average molecular weight is 250 g/mol. The van der Waals surface area contributed by atoms with Crippen molar-refractivity contribution >= 4 is 0 Å². The molecule has 0 aromatic heterocycles. The minimum absolute atomic E-state index is 0.0583. The van der Waals surface area contributed by atoms with E-state index in [1.807, 2.05) is 4.90 Å². The Morgan fingerprint density at radius 1 is 1.29 bits per heavy atom. The molecule has 0 unspecified atom stereocenters. The molecule has 0 saturated heterocycles. The second-order valence-electron chi connectivity index (χ2n) is 5.45. The fraction of sp³-hybridized carbons (Fsp3) is 0.833. The fourth-order valence-corrected chi connectivity index (χ4v) is 1.76. The first-order chi connectivity index (χ1) is 7.68. The maximum absolute atomic E-state index is 12.4. The average Bonchev–Trinajstić information content (AvgIpc) is 2.15. The van der Waals surface area contributed by atoms with E-state index in [2.05, 4.69) is 26.1 Å². The van der Waals surface area contributed by atoms with Crippen LogP contribution in [0.3, 0.4) is 0 Å². The first-order valence-electron chi connectivity index (χ1n) is 5.92. The van der Waals surface area contributed by atoms with Gasteiger partial charge in [0.05, 0.1) is 0 Å². The first-order valence-corrected chi connectivity index (χ1v) is 5.92. The van der Waals surface area contributed by atoms with Crippen molar-refractivity contribution in [1.29, 1.82) is 0 Å². The van der Waals surface area contributed by atoms with Gasteiger partial charge < -0.3 is 5.32 Å². The molecule has 0 aromatic carbocycles. The molecule has 0 atom stereocenters. The Hall–Kier alpha value is -0.550. The highest BCUT2D eigenvalue weighted by molar-refractivity contribution is 5.12. The lowest BCUT2D eigenvalue weighted by Gasteiger charge is -2.29. The van der Waals surface area contributed by atoms with Crippen LogP contribution in [0, 0.1) is 0 Å². The largest absolute Gasteiger partial charge is 0.412 e. The van der Waals surface area contributed by atoms with Crippen LogP contribution in [0.5, 0.6) is 0 Å². The van der Waals surface area contributed by atoms with Gasteiger partial charge in [0.15, 0.2) is 0 Å². The van der Waals surface area contributed by atoms with Gasteiger partial charge in [-0.05, 0) is 27.2 Å². The summed E-state index contributed by atoms with van der Waals surface area (Å²) in [4.78, 5) is 2.04. The van der Waals surface area contributed by atoms with Gasteiger partial charge in [0.2, 0.25) is 0 Å². The molecule has 0 saturated carbocycles. The highest BCUT2D eigenvalue weighted by Gasteiger charge is 2.34. The van der Waals surface area contributed by atoms with Crippen LogP contribution in [0.4, 0.5) is 13.2 Å². The molecule has 0 aromatic rings. The van der Waals surface area contributed by atoms with E-state index in [1.54, 1.807) is 0 Å². The molecule has 1 rings (SSSR count). The summed E-state index contributed by atoms with van der Waals surface area (Å²) in [5.41, 5.74) is -0.319. The number of hydrogen-bond acceptors (Lipinski definition) is 2. The van der Waals surface area contributed by atoms with E-state index < -0.39 is 6.18 Å². The van der Waals surface area contributed by atoms with Crippen molar-refractivity contribution in [1.82, 2.24) is 10.2 Å². The molecule has 0 spiro atoms. The summed E-state index contributed by atoms with van der Waals surface area (Å²) >= 11 is 0. The van der Waals surface area contributed by atoms with Gasteiger partial charge >= 0.3 is 6.18 Å². The summed E-state index contributed by atoms with van der Waals surface area (Å²) in [7, 11) is 0. The van der Waals surface area contributed by atoms with Gasteiger partial charge in [-0.2, -0.15) is 13.2 Å². The molecule has 1 aliphatic heterocycles. The van der Waals surface area contributed by atoms with Crippen molar-refractivity contribution in [3.8, 4) is 0 Å². The Labute approximate surface area is 101 Å². The summed E-state index contributed by atoms with van der Waals surface area (Å²) in [6.45, 7) is 8.72. The maximum atomic E-state index is 12.4. The molecule has 1 heterocycles. The molecule has 0 fully saturated rings. The third-order valence-electron chi connectivity index (χ3n) is 2.74. The van der Waals surface area contributed by atoms with Gasteiger partial charge in [-0.25, -0.2) is 0 Å². The van der Waals surface area contributed by atoms with Crippen molar-refractivity contribution < 1.29 is 13.2 Å². The van der Waals surface area contributed by atoms with E-state index in [1.165, 1.54) is 6.08 Å². The zero-order valence-electron chi connectivity index (χ0n) is 10.7. The molecule has 0 aliphatic carbocycles. The molecule has 17 heavy (non-hydrogen) atoms. The van der Waals surface area contributed by atoms with E-state index in [-0.39, 0.29) is 17.5 Å². The van der Waals surface area contributed by atoms with Crippen LogP contribution in [-0.2, 0) is 0 Å². The lowest BCUT2D eigenvalue weighted by atomic mass is 10.1. The lowest BCUT2D eigenvalue weighted by molar-refractivity contribution is -0.0959. The summed E-state index contributed by atoms with van der Waals surface area (Å²) in [5, 5.41) is 3.33. The van der Waals surface area contributed by atoms with E-state index >= 15 is 0 Å². The molecular formula is C12H21F3N2. The highest BCUT2D eigenvalue weighted by Crippen LogP contribution is 2.29. The van der Waals surface area contributed by atoms with Crippen molar-refractivity contribution in [3.05, 3.63) is 11.6 Å². The van der Waals surface area contributed by atoms with Crippen molar-refractivity contribution in [2.75, 3.05) is 26.2 Å². The summed E-state index contributed by atoms with van der Waals surface area (Å²) in [6.07, 6.45) is -2.73. The van der Waals surface area contributed by atoms with Gasteiger partial charge in [0, 0.05) is 37.3 Å². The van der Waals surface area contributed by atoms with Crippen LogP contribution in [0.1, 0.15) is 27.2 Å². The van der Waals surface area contributed by atoms with Gasteiger partial charge in [0.1, 0.15) is 0 Å². The predicted octanol–water partition coefficient (Wildman–Crippen LogP) is 2.57. The predicted molar refractivity (Wildman–Crippen MR) is 63.0 cm³/mol. The van der Waals surface area contributed by atoms with Crippen LogP contribution in [0.25, 0.3) is 0 Å². The Balaban J connectivity index is 2.30. The Morgan fingerprint density at radius 2 is 1.94 bits per heavy atom. The standard InChI is InChI=1S/C12H21F3N2/c1-11(2,3)16-6-9-17-7-4-10(5-8-17)12(13,14)15/h4,16H,5-9H2,1-3H3. The van der Waals surface area contributed by atoms with Gasteiger partial charge in [-0.3, -0.25) is 4.90 Å². The zero-order chi connectivity index (χ0) is 13.1. The molecule has 1 aliphatic rings. The van der Waals surface area contributed by atoms with Crippen molar-refractivity contribution in [2.45, 2.75) is 38.9 Å². The fourth-order valence-electron chi connectivity index (χ4n) is 1.76. The third-order valence-corrected chi connectivity index (χ3v) is 2.74. The Bertz CT molecular complexity index is 276. The number of rotatable bonds is 3. The Morgan fingerprint density at radius 3 is 2.35 bits per heavy atom. The topological polar surface area (TPSA) is 15.3 Å². The van der Waals surface area contributed by atoms with Crippen molar-refractivity contribution in [3.63, 3.8) is 0 Å². The molecule has 0 radical (unpaired) electrons. The lowest BCUT2D eigenvalue weighted by Crippen LogP contribution is -2.42. The number of halogens is 3. The second kappa shape index (κ2) is 5.40. The number of nitrogens with one attached hydrogen (secondary N) is 1. The number of hydrogen-bond donors (Lipinski definition) is 1. The SMILES string of the molecule is CC(C)(C)NCCN1CC=C(C(F)(F)F)CC1. The summed E-state index contributed by atoms with van der Waals surface area (Å²) in [6, 6.07) is 0. The monoisotopic (exact) mass is 250 g/mol. The van der Waals surface area contributed by atoms with Gasteiger partial charge in [-0.1, -0.05) is 6.08 Å². The van der Waals surface area contributed by atoms with Crippen LogP contribution in [0.2, 0.25) is 0 Å². The van der Waals surface area contributed by atoms with E-state index in [0.29, 0.717) is 13.1 Å². The molecule has 0 bridgehead atoms. The van der Waals surface area contributed by atoms with E-state index in [4.69, 9.17) is 0 Å². The van der Waals surface area contributed by atoms with Crippen LogP contribution >= 0.6 is 0 Å². The van der Waals surface area contributed by atoms with E-state index in [0.717, 1.165) is 13.1 Å². The molecular weight excluding hydrogens is 229 g/mol. The van der Waals surface area contributed by atoms with Gasteiger partial charge in [-0.15, -0.1) is 0 Å². The second-order valence-corrected chi connectivity index (χ2v) is 5.45. The number of alkyl halides is 3. The molecule has 5 heteroatoms. The van der Waals surface area contributed by atoms with Crippen LogP contribution < -0.4 is 5.32 Å². The first kappa shape index (κ1) is 14.5. The van der Waals surface area contributed by atoms with Crippen LogP contribution in [0.15, 0.2) is 11.6 Å². The van der Waals surface area contributed by atoms with Crippen LogP contribution in [-0.4, -0.2) is 42.8 Å². The zero-order valence-corrected chi connectivity index (χ0v) is 10.7. The highest BCUT2D eigenvalue weighted by atomic mass is 19.4. The minimum Gasteiger partial charge on any atom is -0.311 e. The number of nitrogens with zero attached hydrogens (tertiary/aromatic N) is 1. The molecule has 2 nitrogen and oxygen atoms in total. The summed E-state index contributed by atoms with van der Waals surface area (Å²) in [5.74, 6) is 0. The molecule has 100 valence electrons. The quantitative estimate of drug-likeness (QED) is 0.774. The third kappa shape index (κ3) is 5.55. The van der Waals surface area contributed by atoms with E-state index in [9.17, 15) is 13.2 Å². The molecule has 1 N–H and O–H groups in total. The van der Waals surface area contributed by atoms with Crippen molar-refractivity contribution in [2.24, 2.45) is 0 Å². The molecule has 0 amide bonds. The Kier molecular flexibility index (Phi) is 4.61. The normalized spacial score (nSPS) is 19.3. The van der Waals surface area contributed by atoms with Gasteiger partial charge in [0.25, 0.3) is 0 Å². The minimum atomic E-state index is -4.14. The maximum Gasteiger partial charge on any atom is 0.412 e. The smallest absolute Gasteiger partial charge is 0.311 e. The summed E-state index contributed by atoms with van der Waals surface area (Å²) < 4.78 is 37.1.